The highest BCUT2D eigenvalue weighted by atomic mass is 32.2. The van der Waals surface area contributed by atoms with E-state index in [9.17, 15) is 12.8 Å². The Hall–Kier alpha value is -2.55. The smallest absolute Gasteiger partial charge is 0.243 e. The monoisotopic (exact) mass is 429 g/mol. The largest absolute Gasteiger partial charge is 0.370 e. The summed E-state index contributed by atoms with van der Waals surface area (Å²) in [6.45, 7) is 2.96. The molecule has 0 unspecified atom stereocenters. The third kappa shape index (κ3) is 4.03. The van der Waals surface area contributed by atoms with Gasteiger partial charge >= 0.3 is 0 Å². The van der Waals surface area contributed by atoms with Crippen molar-refractivity contribution in [1.82, 2.24) is 14.1 Å². The van der Waals surface area contributed by atoms with Gasteiger partial charge in [-0.2, -0.15) is 9.40 Å². The minimum atomic E-state index is -3.81. The molecule has 0 amide bonds. The first-order valence-electron chi connectivity index (χ1n) is 9.78. The van der Waals surface area contributed by atoms with Crippen LogP contribution in [-0.2, 0) is 48.0 Å². The van der Waals surface area contributed by atoms with Crippen molar-refractivity contribution in [3.63, 3.8) is 0 Å². The first-order valence-corrected chi connectivity index (χ1v) is 11.2. The van der Waals surface area contributed by atoms with Gasteiger partial charge in [-0.05, 0) is 30.2 Å². The van der Waals surface area contributed by atoms with Crippen LogP contribution in [-0.4, -0.2) is 29.0 Å². The van der Waals surface area contributed by atoms with E-state index in [2.05, 4.69) is 5.10 Å². The van der Waals surface area contributed by atoms with Gasteiger partial charge in [0.1, 0.15) is 5.82 Å². The molecule has 1 aliphatic rings. The van der Waals surface area contributed by atoms with Crippen LogP contribution >= 0.6 is 0 Å². The molecule has 0 spiro atoms. The summed E-state index contributed by atoms with van der Waals surface area (Å²) in [4.78, 5) is 0.0108. The second-order valence-corrected chi connectivity index (χ2v) is 9.38. The molecule has 0 radical (unpaired) electrons. The summed E-state index contributed by atoms with van der Waals surface area (Å²) in [5.41, 5.74) is 4.21. The van der Waals surface area contributed by atoms with Crippen LogP contribution in [0.5, 0.6) is 0 Å². The summed E-state index contributed by atoms with van der Waals surface area (Å²) in [6.07, 6.45) is 0.547. The molecule has 0 atom stereocenters. The second-order valence-electron chi connectivity index (χ2n) is 7.47. The first kappa shape index (κ1) is 20.7. The molecule has 0 fully saturated rings. The molecule has 8 heteroatoms. The highest BCUT2D eigenvalue weighted by molar-refractivity contribution is 7.89. The lowest BCUT2D eigenvalue weighted by Crippen LogP contribution is -2.36. The Bertz CT molecular complexity index is 1160. The molecule has 30 heavy (non-hydrogen) atoms. The van der Waals surface area contributed by atoms with Gasteiger partial charge < -0.3 is 4.74 Å². The number of aromatic nitrogens is 2. The topological polar surface area (TPSA) is 64.4 Å². The van der Waals surface area contributed by atoms with E-state index in [1.807, 2.05) is 37.4 Å². The fraction of sp³-hybridized carbons (Fsp3) is 0.318. The van der Waals surface area contributed by atoms with Gasteiger partial charge in [0.15, 0.2) is 0 Å². The van der Waals surface area contributed by atoms with Crippen LogP contribution in [0.15, 0.2) is 53.4 Å². The molecule has 2 aromatic carbocycles. The summed E-state index contributed by atoms with van der Waals surface area (Å²) in [5.74, 6) is -0.562. The zero-order valence-electron chi connectivity index (χ0n) is 17.0. The second kappa shape index (κ2) is 8.29. The fourth-order valence-electron chi connectivity index (χ4n) is 3.80. The van der Waals surface area contributed by atoms with Crippen LogP contribution in [0.1, 0.15) is 28.1 Å². The van der Waals surface area contributed by atoms with Crippen LogP contribution < -0.4 is 0 Å². The van der Waals surface area contributed by atoms with Gasteiger partial charge in [0.25, 0.3) is 0 Å². The average molecular weight is 430 g/mol. The van der Waals surface area contributed by atoms with Crippen molar-refractivity contribution in [1.29, 1.82) is 0 Å². The molecule has 2 heterocycles. The Morgan fingerprint density at radius 1 is 1.13 bits per heavy atom. The highest BCUT2D eigenvalue weighted by Crippen LogP contribution is 2.29. The van der Waals surface area contributed by atoms with Gasteiger partial charge in [-0.1, -0.05) is 36.4 Å². The number of fused-ring (bicyclic) bond motifs is 1. The number of nitrogens with zero attached hydrogens (tertiary/aromatic N) is 3. The number of ether oxygens (including phenoxy) is 1. The summed E-state index contributed by atoms with van der Waals surface area (Å²) in [6, 6.07) is 13.7. The molecule has 4 rings (SSSR count). The lowest BCUT2D eigenvalue weighted by atomic mass is 10.1. The van der Waals surface area contributed by atoms with Crippen LogP contribution in [0.3, 0.4) is 0 Å². The van der Waals surface area contributed by atoms with Gasteiger partial charge in [0.05, 0.1) is 23.8 Å². The van der Waals surface area contributed by atoms with Crippen LogP contribution in [0.25, 0.3) is 0 Å². The molecule has 1 aliphatic heterocycles. The lowest BCUT2D eigenvalue weighted by molar-refractivity contribution is 0.103. The summed E-state index contributed by atoms with van der Waals surface area (Å²) in [5, 5.41) is 4.55. The molecule has 0 aliphatic carbocycles. The van der Waals surface area contributed by atoms with Crippen molar-refractivity contribution in [2.24, 2.45) is 7.05 Å². The van der Waals surface area contributed by atoms with Crippen molar-refractivity contribution in [2.45, 2.75) is 38.0 Å². The van der Waals surface area contributed by atoms with Crippen molar-refractivity contribution < 1.29 is 17.5 Å². The molecule has 3 aromatic rings. The van der Waals surface area contributed by atoms with Gasteiger partial charge in [-0.3, -0.25) is 4.68 Å². The van der Waals surface area contributed by atoms with E-state index in [-0.39, 0.29) is 11.4 Å². The van der Waals surface area contributed by atoms with Gasteiger partial charge in [-0.15, -0.1) is 0 Å². The Morgan fingerprint density at radius 3 is 2.67 bits per heavy atom. The van der Waals surface area contributed by atoms with E-state index in [0.29, 0.717) is 31.7 Å². The lowest BCUT2D eigenvalue weighted by Gasteiger charge is -2.27. The van der Waals surface area contributed by atoms with E-state index in [0.717, 1.165) is 28.6 Å². The molecule has 6 nitrogen and oxygen atoms in total. The third-order valence-corrected chi connectivity index (χ3v) is 7.40. The van der Waals surface area contributed by atoms with E-state index in [1.165, 1.54) is 16.4 Å². The number of benzene rings is 2. The van der Waals surface area contributed by atoms with Crippen molar-refractivity contribution in [3.05, 3.63) is 82.4 Å². The Labute approximate surface area is 176 Å². The number of sulfonamides is 1. The Morgan fingerprint density at radius 2 is 1.90 bits per heavy atom. The van der Waals surface area contributed by atoms with Crippen molar-refractivity contribution >= 4 is 10.0 Å². The summed E-state index contributed by atoms with van der Waals surface area (Å²) in [7, 11) is -1.95. The Kier molecular flexibility index (Phi) is 5.73. The maximum absolute atomic E-state index is 13.7. The van der Waals surface area contributed by atoms with E-state index < -0.39 is 15.8 Å². The fourth-order valence-corrected chi connectivity index (χ4v) is 5.44. The molecule has 0 saturated carbocycles. The third-order valence-electron chi connectivity index (χ3n) is 5.41. The predicted octanol–water partition coefficient (Wildman–Crippen LogP) is 3.33. The van der Waals surface area contributed by atoms with Crippen LogP contribution in [0, 0.1) is 12.7 Å². The molecular formula is C22H24FN3O3S. The Balaban J connectivity index is 1.55. The van der Waals surface area contributed by atoms with Crippen molar-refractivity contribution in [3.8, 4) is 0 Å². The summed E-state index contributed by atoms with van der Waals surface area (Å²) >= 11 is 0. The van der Waals surface area contributed by atoms with Crippen LogP contribution in [0.2, 0.25) is 0 Å². The van der Waals surface area contributed by atoms with Crippen LogP contribution in [0.4, 0.5) is 4.39 Å². The van der Waals surface area contributed by atoms with Gasteiger partial charge in [0.2, 0.25) is 10.0 Å². The molecule has 0 saturated heterocycles. The average Bonchev–Trinajstić information content (AvgIpc) is 3.05. The predicted molar refractivity (Wildman–Crippen MR) is 111 cm³/mol. The minimum absolute atomic E-state index is 0.0108. The molecule has 0 bridgehead atoms. The normalized spacial score (nSPS) is 14.6. The number of aryl methyl sites for hydroxylation is 2. The number of hydrogen-bond donors (Lipinski definition) is 0. The summed E-state index contributed by atoms with van der Waals surface area (Å²) < 4.78 is 49.1. The molecule has 1 aromatic heterocycles. The van der Waals surface area contributed by atoms with Crippen molar-refractivity contribution in [2.75, 3.05) is 6.54 Å². The maximum Gasteiger partial charge on any atom is 0.243 e. The minimum Gasteiger partial charge on any atom is -0.370 e. The quantitative estimate of drug-likeness (QED) is 0.603. The zero-order valence-corrected chi connectivity index (χ0v) is 17.8. The molecule has 158 valence electrons. The number of halogens is 1. The standard InChI is InChI=1S/C22H24FN3O3S/c1-16-8-9-18(23)12-22(16)30(27,28)26-11-10-21-19(13-26)20(24-25(21)2)15-29-14-17-6-4-3-5-7-17/h3-9,12H,10-11,13-15H2,1-2H3. The molecule has 0 N–H and O–H groups in total. The first-order chi connectivity index (χ1) is 14.4. The maximum atomic E-state index is 13.7. The van der Waals surface area contributed by atoms with E-state index >= 15 is 0 Å². The highest BCUT2D eigenvalue weighted by Gasteiger charge is 2.33. The number of hydrogen-bond acceptors (Lipinski definition) is 4. The molecular weight excluding hydrogens is 405 g/mol. The SMILES string of the molecule is Cc1ccc(F)cc1S(=O)(=O)N1CCc2c(c(COCc3ccccc3)nn2C)C1. The van der Waals surface area contributed by atoms with Gasteiger partial charge in [-0.25, -0.2) is 12.8 Å². The number of rotatable bonds is 6. The van der Waals surface area contributed by atoms with E-state index in [1.54, 1.807) is 11.6 Å². The zero-order chi connectivity index (χ0) is 21.3. The van der Waals surface area contributed by atoms with Gasteiger partial charge in [0, 0.05) is 37.8 Å². The van der Waals surface area contributed by atoms with E-state index in [4.69, 9.17) is 4.74 Å².